The molecule has 1 aromatic rings. The lowest BCUT2D eigenvalue weighted by Crippen LogP contribution is -2.18. The first kappa shape index (κ1) is 13.6. The molecule has 0 aromatic heterocycles. The van der Waals surface area contributed by atoms with E-state index < -0.39 is 41.3 Å². The summed E-state index contributed by atoms with van der Waals surface area (Å²) in [6.45, 7) is -0.927. The van der Waals surface area contributed by atoms with Crippen LogP contribution in [-0.2, 0) is 18.9 Å². The highest BCUT2D eigenvalue weighted by Crippen LogP contribution is 2.41. The standard InChI is InChI=1S/C9H7F6NO/c10-8(11,12)6-1-4(17)2-7(5(6)3-16)9(13,14)15/h1-2,17H,3,16H2. The summed E-state index contributed by atoms with van der Waals surface area (Å²) >= 11 is 0. The zero-order chi connectivity index (χ0) is 13.4. The molecule has 0 aliphatic rings. The number of hydrogen-bond donors (Lipinski definition) is 2. The zero-order valence-electron chi connectivity index (χ0n) is 8.15. The summed E-state index contributed by atoms with van der Waals surface area (Å²) in [5.41, 5.74) is 0.679. The van der Waals surface area contributed by atoms with Gasteiger partial charge in [-0.2, -0.15) is 26.3 Å². The van der Waals surface area contributed by atoms with Crippen molar-refractivity contribution >= 4 is 0 Å². The van der Waals surface area contributed by atoms with Gasteiger partial charge in [-0.1, -0.05) is 0 Å². The van der Waals surface area contributed by atoms with E-state index in [9.17, 15) is 26.3 Å². The highest BCUT2D eigenvalue weighted by molar-refractivity contribution is 5.44. The van der Waals surface area contributed by atoms with Crippen molar-refractivity contribution in [1.82, 2.24) is 0 Å². The van der Waals surface area contributed by atoms with Crippen molar-refractivity contribution in [3.63, 3.8) is 0 Å². The minimum atomic E-state index is -5.01. The van der Waals surface area contributed by atoms with Crippen molar-refractivity contribution in [2.75, 3.05) is 0 Å². The van der Waals surface area contributed by atoms with Crippen LogP contribution in [0.3, 0.4) is 0 Å². The minimum absolute atomic E-state index is 0.220. The number of aromatic hydroxyl groups is 1. The Bertz CT molecular complexity index is 387. The highest BCUT2D eigenvalue weighted by atomic mass is 19.4. The predicted octanol–water partition coefficient (Wildman–Crippen LogP) is 2.89. The fourth-order valence-electron chi connectivity index (χ4n) is 1.38. The van der Waals surface area contributed by atoms with Crippen LogP contribution in [0.5, 0.6) is 5.75 Å². The summed E-state index contributed by atoms with van der Waals surface area (Å²) in [4.78, 5) is 0. The van der Waals surface area contributed by atoms with Crippen molar-refractivity contribution < 1.29 is 31.4 Å². The molecule has 0 heterocycles. The number of alkyl halides is 6. The maximum Gasteiger partial charge on any atom is 0.416 e. The molecular formula is C9H7F6NO. The second-order valence-corrected chi connectivity index (χ2v) is 3.22. The van der Waals surface area contributed by atoms with Crippen molar-refractivity contribution in [2.45, 2.75) is 18.9 Å². The molecule has 0 atom stereocenters. The Kier molecular flexibility index (Phi) is 3.28. The lowest BCUT2D eigenvalue weighted by atomic mass is 9.99. The Morgan fingerprint density at radius 1 is 0.941 bits per heavy atom. The molecule has 0 unspecified atom stereocenters. The second kappa shape index (κ2) is 4.10. The minimum Gasteiger partial charge on any atom is -0.508 e. The van der Waals surface area contributed by atoms with E-state index in [0.717, 1.165) is 0 Å². The maximum atomic E-state index is 12.4. The van der Waals surface area contributed by atoms with Gasteiger partial charge in [0, 0.05) is 6.54 Å². The largest absolute Gasteiger partial charge is 0.508 e. The normalized spacial score (nSPS) is 12.9. The third-order valence-corrected chi connectivity index (χ3v) is 2.05. The van der Waals surface area contributed by atoms with Crippen molar-refractivity contribution in [2.24, 2.45) is 5.73 Å². The van der Waals surface area contributed by atoms with Gasteiger partial charge >= 0.3 is 12.4 Å². The van der Waals surface area contributed by atoms with Crippen LogP contribution in [0.1, 0.15) is 16.7 Å². The van der Waals surface area contributed by atoms with Crippen LogP contribution in [0.4, 0.5) is 26.3 Å². The topological polar surface area (TPSA) is 46.2 Å². The number of benzene rings is 1. The Morgan fingerprint density at radius 2 is 1.29 bits per heavy atom. The van der Waals surface area contributed by atoms with Crippen LogP contribution in [-0.4, -0.2) is 5.11 Å². The van der Waals surface area contributed by atoms with Crippen LogP contribution < -0.4 is 5.73 Å². The summed E-state index contributed by atoms with van der Waals surface area (Å²) < 4.78 is 74.7. The van der Waals surface area contributed by atoms with E-state index in [2.05, 4.69) is 0 Å². The van der Waals surface area contributed by atoms with Gasteiger partial charge in [0.25, 0.3) is 0 Å². The summed E-state index contributed by atoms with van der Waals surface area (Å²) in [5.74, 6) is -1.11. The molecule has 0 saturated heterocycles. The smallest absolute Gasteiger partial charge is 0.416 e. The summed E-state index contributed by atoms with van der Waals surface area (Å²) in [5, 5.41) is 8.90. The Labute approximate surface area is 91.7 Å². The molecule has 0 spiro atoms. The number of phenolic OH excluding ortho intramolecular Hbond substituents is 1. The molecular weight excluding hydrogens is 252 g/mol. The molecule has 8 heteroatoms. The molecule has 0 fully saturated rings. The Morgan fingerprint density at radius 3 is 1.53 bits per heavy atom. The predicted molar refractivity (Wildman–Crippen MR) is 46.0 cm³/mol. The van der Waals surface area contributed by atoms with E-state index in [-0.39, 0.29) is 12.1 Å². The number of rotatable bonds is 1. The van der Waals surface area contributed by atoms with Crippen LogP contribution in [0.15, 0.2) is 12.1 Å². The number of nitrogens with two attached hydrogens (primary N) is 1. The van der Waals surface area contributed by atoms with Crippen molar-refractivity contribution in [1.29, 1.82) is 0 Å². The Balaban J connectivity index is 3.58. The molecule has 0 amide bonds. The van der Waals surface area contributed by atoms with Gasteiger partial charge in [-0.3, -0.25) is 0 Å². The quantitative estimate of drug-likeness (QED) is 0.762. The van der Waals surface area contributed by atoms with Gasteiger partial charge in [0.2, 0.25) is 0 Å². The SMILES string of the molecule is NCc1c(C(F)(F)F)cc(O)cc1C(F)(F)F. The molecule has 17 heavy (non-hydrogen) atoms. The molecule has 0 aliphatic heterocycles. The van der Waals surface area contributed by atoms with Gasteiger partial charge in [0.1, 0.15) is 5.75 Å². The average molecular weight is 259 g/mol. The van der Waals surface area contributed by atoms with Gasteiger partial charge in [0.15, 0.2) is 0 Å². The summed E-state index contributed by atoms with van der Waals surface area (Å²) in [6.07, 6.45) is -10.0. The fraction of sp³-hybridized carbons (Fsp3) is 0.333. The zero-order valence-corrected chi connectivity index (χ0v) is 8.15. The number of phenols is 1. The molecule has 2 nitrogen and oxygen atoms in total. The molecule has 1 rings (SSSR count). The first-order chi connectivity index (χ1) is 7.57. The molecule has 1 aromatic carbocycles. The molecule has 96 valence electrons. The van der Waals surface area contributed by atoms with Gasteiger partial charge in [0.05, 0.1) is 11.1 Å². The molecule has 3 N–H and O–H groups in total. The molecule has 0 radical (unpaired) electrons. The van der Waals surface area contributed by atoms with Gasteiger partial charge in [-0.15, -0.1) is 0 Å². The third kappa shape index (κ3) is 2.82. The van der Waals surface area contributed by atoms with E-state index in [1.807, 2.05) is 0 Å². The summed E-state index contributed by atoms with van der Waals surface area (Å²) in [7, 11) is 0. The fourth-order valence-corrected chi connectivity index (χ4v) is 1.38. The number of hydrogen-bond acceptors (Lipinski definition) is 2. The third-order valence-electron chi connectivity index (χ3n) is 2.05. The maximum absolute atomic E-state index is 12.4. The van der Waals surface area contributed by atoms with E-state index >= 15 is 0 Å². The van der Waals surface area contributed by atoms with E-state index in [4.69, 9.17) is 10.8 Å². The lowest BCUT2D eigenvalue weighted by molar-refractivity contribution is -0.144. The summed E-state index contributed by atoms with van der Waals surface area (Å²) in [6, 6.07) is 0.439. The van der Waals surface area contributed by atoms with E-state index in [1.165, 1.54) is 0 Å². The van der Waals surface area contributed by atoms with Crippen LogP contribution >= 0.6 is 0 Å². The molecule has 0 saturated carbocycles. The van der Waals surface area contributed by atoms with E-state index in [0.29, 0.717) is 0 Å². The number of halogens is 6. The second-order valence-electron chi connectivity index (χ2n) is 3.22. The monoisotopic (exact) mass is 259 g/mol. The first-order valence-corrected chi connectivity index (χ1v) is 4.27. The lowest BCUT2D eigenvalue weighted by Gasteiger charge is -2.18. The van der Waals surface area contributed by atoms with Gasteiger partial charge in [-0.25, -0.2) is 0 Å². The van der Waals surface area contributed by atoms with Crippen molar-refractivity contribution in [3.05, 3.63) is 28.8 Å². The van der Waals surface area contributed by atoms with E-state index in [1.54, 1.807) is 0 Å². The van der Waals surface area contributed by atoms with Crippen molar-refractivity contribution in [3.8, 4) is 5.75 Å². The molecule has 0 bridgehead atoms. The first-order valence-electron chi connectivity index (χ1n) is 4.27. The van der Waals surface area contributed by atoms with Gasteiger partial charge in [-0.05, 0) is 17.7 Å². The Hall–Kier alpha value is -1.44. The van der Waals surface area contributed by atoms with Crippen LogP contribution in [0, 0.1) is 0 Å². The van der Waals surface area contributed by atoms with Crippen LogP contribution in [0.25, 0.3) is 0 Å². The van der Waals surface area contributed by atoms with Crippen LogP contribution in [0.2, 0.25) is 0 Å². The molecule has 0 aliphatic carbocycles. The average Bonchev–Trinajstić information content (AvgIpc) is 2.13. The van der Waals surface area contributed by atoms with Gasteiger partial charge < -0.3 is 10.8 Å². The highest BCUT2D eigenvalue weighted by Gasteiger charge is 2.40.